The molecule has 1 aliphatic carbocycles. The maximum Gasteiger partial charge on any atom is 0.376 e. The number of rotatable bonds is 8. The lowest BCUT2D eigenvalue weighted by Gasteiger charge is -2.32. The average Bonchev–Trinajstić information content (AvgIpc) is 3.62. The lowest BCUT2D eigenvalue weighted by Crippen LogP contribution is -2.35. The van der Waals surface area contributed by atoms with Crippen LogP contribution < -0.4 is 16.4 Å². The molecule has 0 bridgehead atoms. The molecular formula is C23H28N8O3. The smallest absolute Gasteiger partial charge is 0.376 e. The molecule has 0 spiro atoms. The molecule has 3 heterocycles. The Morgan fingerprint density at radius 3 is 2.62 bits per heavy atom. The molecule has 1 unspecified atom stereocenters. The molecule has 0 radical (unpaired) electrons. The third kappa shape index (κ3) is 5.22. The predicted octanol–water partition coefficient (Wildman–Crippen LogP) is 1.60. The van der Waals surface area contributed by atoms with Gasteiger partial charge in [-0.25, -0.2) is 14.8 Å². The standard InChI is InChI=1S/C23H28N8O3/c1-34-22(33)21-28-18(4-2-3-14-11-15(14)12-24)29-23(30-21)31-9-7-13(8-10-31)17-6-5-16(25)19(27-17)20(26)32/h5-6,13-15H,2-4,7-11,25H2,1H3,(H2,26,32)/t14-,15?/m0/s1. The zero-order chi connectivity index (χ0) is 24.2. The summed E-state index contributed by atoms with van der Waals surface area (Å²) in [5.41, 5.74) is 12.3. The molecule has 0 aromatic carbocycles. The molecule has 4 rings (SSSR count). The molecule has 2 fully saturated rings. The number of ether oxygens (including phenoxy) is 1. The number of nitriles is 1. The van der Waals surface area contributed by atoms with Crippen LogP contribution >= 0.6 is 0 Å². The van der Waals surface area contributed by atoms with Gasteiger partial charge in [-0.15, -0.1) is 0 Å². The van der Waals surface area contributed by atoms with Gasteiger partial charge in [-0.2, -0.15) is 15.2 Å². The normalized spacial score (nSPS) is 19.9. The Morgan fingerprint density at radius 2 is 1.97 bits per heavy atom. The molecule has 1 saturated carbocycles. The second kappa shape index (κ2) is 9.99. The van der Waals surface area contributed by atoms with E-state index in [4.69, 9.17) is 21.5 Å². The van der Waals surface area contributed by atoms with Crippen molar-refractivity contribution >= 4 is 23.5 Å². The van der Waals surface area contributed by atoms with Gasteiger partial charge in [0.05, 0.1) is 18.9 Å². The molecule has 11 heteroatoms. The molecule has 1 aliphatic heterocycles. The number of nitrogens with zero attached hydrogens (tertiary/aromatic N) is 6. The summed E-state index contributed by atoms with van der Waals surface area (Å²) in [5.74, 6) is 0.533. The zero-order valence-corrected chi connectivity index (χ0v) is 19.1. The van der Waals surface area contributed by atoms with Crippen molar-refractivity contribution in [2.24, 2.45) is 17.6 Å². The van der Waals surface area contributed by atoms with E-state index in [1.807, 2.05) is 11.0 Å². The minimum absolute atomic E-state index is 0.00255. The van der Waals surface area contributed by atoms with Crippen molar-refractivity contribution in [3.05, 3.63) is 35.2 Å². The van der Waals surface area contributed by atoms with Gasteiger partial charge in [-0.1, -0.05) is 0 Å². The molecule has 34 heavy (non-hydrogen) atoms. The van der Waals surface area contributed by atoms with E-state index in [9.17, 15) is 9.59 Å². The van der Waals surface area contributed by atoms with Crippen molar-refractivity contribution in [1.29, 1.82) is 5.26 Å². The van der Waals surface area contributed by atoms with E-state index in [2.05, 4.69) is 26.0 Å². The van der Waals surface area contributed by atoms with Crippen molar-refractivity contribution < 1.29 is 14.3 Å². The van der Waals surface area contributed by atoms with Gasteiger partial charge in [0, 0.05) is 37.0 Å². The largest absolute Gasteiger partial charge is 0.463 e. The van der Waals surface area contributed by atoms with Crippen LogP contribution in [-0.4, -0.2) is 52.0 Å². The van der Waals surface area contributed by atoms with Gasteiger partial charge >= 0.3 is 5.97 Å². The fraction of sp³-hybridized carbons (Fsp3) is 0.522. The highest BCUT2D eigenvalue weighted by atomic mass is 16.5. The van der Waals surface area contributed by atoms with Gasteiger partial charge in [0.25, 0.3) is 5.91 Å². The summed E-state index contributed by atoms with van der Waals surface area (Å²) in [5, 5.41) is 8.97. The second-order valence-corrected chi connectivity index (χ2v) is 8.79. The molecule has 1 saturated heterocycles. The topological polar surface area (TPSA) is 174 Å². The third-order valence-electron chi connectivity index (χ3n) is 6.48. The number of primary amides is 1. The Bertz CT molecular complexity index is 1120. The molecule has 1 amide bonds. The lowest BCUT2D eigenvalue weighted by molar-refractivity contribution is 0.0585. The SMILES string of the molecule is COC(=O)c1nc(CCC[C@H]2CC2C#N)nc(N2CCC(c3ccc(N)c(C(N)=O)n3)CC2)n1. The molecule has 2 aliphatic rings. The van der Waals surface area contributed by atoms with E-state index in [1.165, 1.54) is 7.11 Å². The number of aryl methyl sites for hydroxylation is 1. The summed E-state index contributed by atoms with van der Waals surface area (Å²) in [6.45, 7) is 1.30. The van der Waals surface area contributed by atoms with Gasteiger partial charge in [-0.05, 0) is 50.2 Å². The van der Waals surface area contributed by atoms with E-state index in [0.717, 1.165) is 37.8 Å². The highest BCUT2D eigenvalue weighted by molar-refractivity contribution is 5.95. The van der Waals surface area contributed by atoms with Crippen molar-refractivity contribution in [1.82, 2.24) is 19.9 Å². The van der Waals surface area contributed by atoms with Crippen LogP contribution in [0.3, 0.4) is 0 Å². The molecule has 11 nitrogen and oxygen atoms in total. The van der Waals surface area contributed by atoms with Crippen LogP contribution in [0.1, 0.15) is 70.6 Å². The van der Waals surface area contributed by atoms with Crippen LogP contribution in [-0.2, 0) is 11.2 Å². The quantitative estimate of drug-likeness (QED) is 0.546. The summed E-state index contributed by atoms with van der Waals surface area (Å²) in [7, 11) is 1.30. The first-order valence-corrected chi connectivity index (χ1v) is 11.4. The van der Waals surface area contributed by atoms with Crippen molar-refractivity contribution in [3.8, 4) is 6.07 Å². The number of esters is 1. The summed E-state index contributed by atoms with van der Waals surface area (Å²) < 4.78 is 4.83. The van der Waals surface area contributed by atoms with Crippen LogP contribution in [0, 0.1) is 23.2 Å². The zero-order valence-electron chi connectivity index (χ0n) is 19.1. The Kier molecular flexibility index (Phi) is 6.86. The second-order valence-electron chi connectivity index (χ2n) is 8.79. The number of carbonyl (C=O) groups is 2. The number of hydrogen-bond donors (Lipinski definition) is 2. The monoisotopic (exact) mass is 464 g/mol. The predicted molar refractivity (Wildman–Crippen MR) is 123 cm³/mol. The molecule has 2 aromatic heterocycles. The van der Waals surface area contributed by atoms with Crippen LogP contribution in [0.2, 0.25) is 0 Å². The highest BCUT2D eigenvalue weighted by Gasteiger charge is 2.36. The van der Waals surface area contributed by atoms with E-state index >= 15 is 0 Å². The Balaban J connectivity index is 1.44. The number of pyridine rings is 1. The number of anilines is 2. The Hall–Kier alpha value is -3.81. The molecule has 2 atom stereocenters. The third-order valence-corrected chi connectivity index (χ3v) is 6.48. The Labute approximate surface area is 197 Å². The van der Waals surface area contributed by atoms with Crippen LogP contribution in [0.25, 0.3) is 0 Å². The van der Waals surface area contributed by atoms with Gasteiger partial charge in [0.1, 0.15) is 5.82 Å². The highest BCUT2D eigenvalue weighted by Crippen LogP contribution is 2.41. The summed E-state index contributed by atoms with van der Waals surface area (Å²) in [6, 6.07) is 5.80. The Morgan fingerprint density at radius 1 is 1.21 bits per heavy atom. The number of aromatic nitrogens is 4. The minimum Gasteiger partial charge on any atom is -0.463 e. The van der Waals surface area contributed by atoms with Crippen LogP contribution in [0.15, 0.2) is 12.1 Å². The number of nitrogens with two attached hydrogens (primary N) is 2. The number of piperidine rings is 1. The van der Waals surface area contributed by atoms with Gasteiger partial charge in [0.15, 0.2) is 5.69 Å². The summed E-state index contributed by atoms with van der Waals surface area (Å²) >= 11 is 0. The average molecular weight is 465 g/mol. The first-order chi connectivity index (χ1) is 16.4. The lowest BCUT2D eigenvalue weighted by atomic mass is 9.93. The fourth-order valence-electron chi connectivity index (χ4n) is 4.38. The first kappa shape index (κ1) is 23.4. The summed E-state index contributed by atoms with van der Waals surface area (Å²) in [6.07, 6.45) is 4.89. The van der Waals surface area contributed by atoms with Crippen LogP contribution in [0.4, 0.5) is 11.6 Å². The number of methoxy groups -OCH3 is 1. The summed E-state index contributed by atoms with van der Waals surface area (Å²) in [4.78, 5) is 43.4. The maximum atomic E-state index is 12.1. The van der Waals surface area contributed by atoms with Gasteiger partial charge in [-0.3, -0.25) is 4.79 Å². The minimum atomic E-state index is -0.644. The molecule has 178 valence electrons. The number of hydrogen-bond acceptors (Lipinski definition) is 10. The van der Waals surface area contributed by atoms with Gasteiger partial charge < -0.3 is 21.1 Å². The van der Waals surface area contributed by atoms with E-state index in [-0.39, 0.29) is 29.0 Å². The number of amides is 1. The fourth-order valence-corrected chi connectivity index (χ4v) is 4.38. The van der Waals surface area contributed by atoms with Crippen LogP contribution in [0.5, 0.6) is 0 Å². The van der Waals surface area contributed by atoms with Gasteiger partial charge in [0.2, 0.25) is 11.8 Å². The molecule has 4 N–H and O–H groups in total. The number of nitrogen functional groups attached to an aromatic ring is 1. The maximum absolute atomic E-state index is 12.1. The number of carbonyl (C=O) groups excluding carboxylic acids is 2. The van der Waals surface area contributed by atoms with E-state index in [0.29, 0.717) is 37.2 Å². The first-order valence-electron chi connectivity index (χ1n) is 11.4. The van der Waals surface area contributed by atoms with E-state index in [1.54, 1.807) is 6.07 Å². The van der Waals surface area contributed by atoms with Crippen molar-refractivity contribution in [2.75, 3.05) is 30.8 Å². The van der Waals surface area contributed by atoms with Crippen molar-refractivity contribution in [2.45, 2.75) is 44.4 Å². The molecule has 2 aromatic rings. The molecular weight excluding hydrogens is 436 g/mol. The van der Waals surface area contributed by atoms with E-state index < -0.39 is 11.9 Å². The van der Waals surface area contributed by atoms with Crippen molar-refractivity contribution in [3.63, 3.8) is 0 Å².